The lowest BCUT2D eigenvalue weighted by Crippen LogP contribution is -2.28. The first-order chi connectivity index (χ1) is 13.1. The smallest absolute Gasteiger partial charge is 0.323 e. The van der Waals surface area contributed by atoms with Crippen LogP contribution in [0.4, 0.5) is 26.2 Å². The minimum Gasteiger partial charge on any atom is -0.459 e. The van der Waals surface area contributed by atoms with Crippen molar-refractivity contribution in [3.63, 3.8) is 0 Å². The molecule has 0 atom stereocenters. The second-order valence-corrected chi connectivity index (χ2v) is 6.11. The summed E-state index contributed by atoms with van der Waals surface area (Å²) in [7, 11) is 0. The van der Waals surface area contributed by atoms with Crippen LogP contribution in [0.25, 0.3) is 0 Å². The maximum atomic E-state index is 12.9. The Morgan fingerprint density at radius 3 is 2.48 bits per heavy atom. The topological polar surface area (TPSA) is 74.6 Å². The summed E-state index contributed by atoms with van der Waals surface area (Å²) in [5.74, 6) is -0.317. The lowest BCUT2D eigenvalue weighted by molar-refractivity contribution is 0.0963. The van der Waals surface area contributed by atoms with Gasteiger partial charge in [0.2, 0.25) is 0 Å². The first kappa shape index (κ1) is 16.8. The summed E-state index contributed by atoms with van der Waals surface area (Å²) in [6.07, 6.45) is 2.20. The van der Waals surface area contributed by atoms with Crippen molar-refractivity contribution >= 4 is 29.0 Å². The van der Waals surface area contributed by atoms with E-state index in [1.807, 2.05) is 6.07 Å². The van der Waals surface area contributed by atoms with Crippen molar-refractivity contribution < 1.29 is 18.4 Å². The minimum absolute atomic E-state index is 0.216. The highest BCUT2D eigenvalue weighted by molar-refractivity contribution is 6.06. The summed E-state index contributed by atoms with van der Waals surface area (Å²) in [5.41, 5.74) is 2.80. The van der Waals surface area contributed by atoms with E-state index in [0.29, 0.717) is 17.9 Å². The van der Waals surface area contributed by atoms with Crippen molar-refractivity contribution in [3.8, 4) is 0 Å². The van der Waals surface area contributed by atoms with Crippen molar-refractivity contribution in [2.45, 2.75) is 6.42 Å². The van der Waals surface area contributed by atoms with Crippen LogP contribution in [0.15, 0.2) is 65.3 Å². The Morgan fingerprint density at radius 2 is 1.74 bits per heavy atom. The molecule has 0 bridgehead atoms. The predicted octanol–water partition coefficient (Wildman–Crippen LogP) is 4.27. The van der Waals surface area contributed by atoms with E-state index in [0.717, 1.165) is 17.7 Å². The lowest BCUT2D eigenvalue weighted by Gasteiger charge is -2.17. The molecule has 0 unspecified atom stereocenters. The van der Waals surface area contributed by atoms with Crippen LogP contribution in [-0.4, -0.2) is 18.5 Å². The molecule has 4 rings (SSSR count). The molecule has 0 saturated carbocycles. The number of rotatable bonds is 3. The van der Waals surface area contributed by atoms with Crippen LogP contribution in [-0.2, 0) is 6.42 Å². The molecule has 2 heterocycles. The Balaban J connectivity index is 1.49. The number of benzene rings is 2. The molecule has 1 aliphatic heterocycles. The molecule has 6 nitrogen and oxygen atoms in total. The van der Waals surface area contributed by atoms with Crippen LogP contribution < -0.4 is 15.5 Å². The largest absolute Gasteiger partial charge is 0.459 e. The van der Waals surface area contributed by atoms with Crippen LogP contribution >= 0.6 is 0 Å². The first-order valence-corrected chi connectivity index (χ1v) is 8.42. The van der Waals surface area contributed by atoms with Crippen LogP contribution in [0, 0.1) is 5.82 Å². The number of hydrogen-bond donors (Lipinski definition) is 2. The maximum Gasteiger partial charge on any atom is 0.323 e. The van der Waals surface area contributed by atoms with Crippen molar-refractivity contribution in [3.05, 3.63) is 78.0 Å². The zero-order valence-corrected chi connectivity index (χ0v) is 14.2. The van der Waals surface area contributed by atoms with Gasteiger partial charge in [0.1, 0.15) is 5.82 Å². The first-order valence-electron chi connectivity index (χ1n) is 8.42. The van der Waals surface area contributed by atoms with Gasteiger partial charge in [-0.2, -0.15) is 0 Å². The SMILES string of the molecule is O=C(Nc1ccc(F)cc1)Nc1ccc2c(c1)N(C(=O)c1ccco1)CC2. The minimum atomic E-state index is -0.455. The average Bonchev–Trinajstić information content (AvgIpc) is 3.32. The predicted molar refractivity (Wildman–Crippen MR) is 99.6 cm³/mol. The van der Waals surface area contributed by atoms with Gasteiger partial charge >= 0.3 is 6.03 Å². The van der Waals surface area contributed by atoms with Crippen molar-refractivity contribution in [1.82, 2.24) is 0 Å². The zero-order chi connectivity index (χ0) is 18.8. The molecule has 136 valence electrons. The number of carbonyl (C=O) groups excluding carboxylic acids is 2. The Kier molecular flexibility index (Phi) is 4.33. The number of furan rings is 1. The van der Waals surface area contributed by atoms with E-state index in [9.17, 15) is 14.0 Å². The van der Waals surface area contributed by atoms with E-state index in [4.69, 9.17) is 4.42 Å². The quantitative estimate of drug-likeness (QED) is 0.728. The number of carbonyl (C=O) groups is 2. The third-order valence-electron chi connectivity index (χ3n) is 4.32. The Bertz CT molecular complexity index is 984. The van der Waals surface area contributed by atoms with Gasteiger partial charge in [0, 0.05) is 23.6 Å². The molecule has 0 radical (unpaired) electrons. The van der Waals surface area contributed by atoms with Crippen LogP contribution in [0.5, 0.6) is 0 Å². The molecule has 0 fully saturated rings. The van der Waals surface area contributed by atoms with Crippen molar-refractivity contribution in [2.75, 3.05) is 22.1 Å². The fourth-order valence-corrected chi connectivity index (χ4v) is 3.03. The molecule has 1 aliphatic rings. The standard InChI is InChI=1S/C20H16FN3O3/c21-14-4-7-15(8-5-14)22-20(26)23-16-6-3-13-9-10-24(17(13)12-16)19(25)18-2-1-11-27-18/h1-8,11-12H,9-10H2,(H2,22,23,26). The monoisotopic (exact) mass is 365 g/mol. The number of hydrogen-bond acceptors (Lipinski definition) is 3. The van der Waals surface area contributed by atoms with E-state index >= 15 is 0 Å². The molecule has 0 spiro atoms. The second kappa shape index (κ2) is 6.95. The summed E-state index contributed by atoms with van der Waals surface area (Å²) in [6.45, 7) is 0.556. The van der Waals surface area contributed by atoms with Gasteiger partial charge in [-0.1, -0.05) is 6.07 Å². The summed E-state index contributed by atoms with van der Waals surface area (Å²) in [4.78, 5) is 26.4. The number of fused-ring (bicyclic) bond motifs is 1. The molecule has 2 N–H and O–H groups in total. The van der Waals surface area contributed by atoms with Gasteiger partial charge in [-0.05, 0) is 60.5 Å². The van der Waals surface area contributed by atoms with E-state index < -0.39 is 6.03 Å². The molecule has 3 aromatic rings. The molecule has 1 aromatic heterocycles. The highest BCUT2D eigenvalue weighted by atomic mass is 19.1. The van der Waals surface area contributed by atoms with Gasteiger partial charge in [0.15, 0.2) is 5.76 Å². The molecule has 27 heavy (non-hydrogen) atoms. The molecular weight excluding hydrogens is 349 g/mol. The Morgan fingerprint density at radius 1 is 1.00 bits per heavy atom. The third-order valence-corrected chi connectivity index (χ3v) is 4.32. The van der Waals surface area contributed by atoms with Crippen LogP contribution in [0.1, 0.15) is 16.1 Å². The van der Waals surface area contributed by atoms with Crippen molar-refractivity contribution in [2.24, 2.45) is 0 Å². The summed E-state index contributed by atoms with van der Waals surface area (Å²) in [6, 6.07) is 13.7. The maximum absolute atomic E-state index is 12.9. The van der Waals surface area contributed by atoms with Crippen molar-refractivity contribution in [1.29, 1.82) is 0 Å². The van der Waals surface area contributed by atoms with Gasteiger partial charge in [0.25, 0.3) is 5.91 Å². The fourth-order valence-electron chi connectivity index (χ4n) is 3.03. The molecule has 7 heteroatoms. The van der Waals surface area contributed by atoms with Gasteiger partial charge in [-0.25, -0.2) is 9.18 Å². The summed E-state index contributed by atoms with van der Waals surface area (Å²) < 4.78 is 18.1. The Hall–Kier alpha value is -3.61. The lowest BCUT2D eigenvalue weighted by atomic mass is 10.1. The van der Waals surface area contributed by atoms with Gasteiger partial charge in [0.05, 0.1) is 6.26 Å². The van der Waals surface area contributed by atoms with E-state index in [1.54, 1.807) is 29.2 Å². The summed E-state index contributed by atoms with van der Waals surface area (Å²) in [5, 5.41) is 5.35. The number of nitrogens with zero attached hydrogens (tertiary/aromatic N) is 1. The molecule has 0 aliphatic carbocycles. The molecule has 0 saturated heterocycles. The van der Waals surface area contributed by atoms with E-state index in [-0.39, 0.29) is 17.5 Å². The number of amides is 3. The average molecular weight is 365 g/mol. The van der Waals surface area contributed by atoms with E-state index in [1.165, 1.54) is 30.5 Å². The number of urea groups is 1. The van der Waals surface area contributed by atoms with Crippen LogP contribution in [0.2, 0.25) is 0 Å². The highest BCUT2D eigenvalue weighted by Crippen LogP contribution is 2.32. The number of anilines is 3. The zero-order valence-electron chi connectivity index (χ0n) is 14.2. The third kappa shape index (κ3) is 3.52. The van der Waals surface area contributed by atoms with Crippen LogP contribution in [0.3, 0.4) is 0 Å². The molecule has 3 amide bonds. The number of nitrogens with one attached hydrogen (secondary N) is 2. The highest BCUT2D eigenvalue weighted by Gasteiger charge is 2.27. The number of halogens is 1. The molecular formula is C20H16FN3O3. The normalized spacial score (nSPS) is 12.6. The molecule has 2 aromatic carbocycles. The Labute approximate surface area is 154 Å². The van der Waals surface area contributed by atoms with Gasteiger partial charge < -0.3 is 20.0 Å². The summed E-state index contributed by atoms with van der Waals surface area (Å²) >= 11 is 0. The van der Waals surface area contributed by atoms with Gasteiger partial charge in [-0.15, -0.1) is 0 Å². The second-order valence-electron chi connectivity index (χ2n) is 6.11. The van der Waals surface area contributed by atoms with Gasteiger partial charge in [-0.3, -0.25) is 4.79 Å². The van der Waals surface area contributed by atoms with E-state index in [2.05, 4.69) is 10.6 Å². The fraction of sp³-hybridized carbons (Fsp3) is 0.100.